The van der Waals surface area contributed by atoms with Crippen molar-refractivity contribution >= 4 is 39.2 Å². The van der Waals surface area contributed by atoms with Crippen molar-refractivity contribution in [2.24, 2.45) is 0 Å². The molecule has 2 aromatic heterocycles. The summed E-state index contributed by atoms with van der Waals surface area (Å²) in [5.41, 5.74) is 4.79. The number of piperidine rings is 1. The van der Waals surface area contributed by atoms with Crippen LogP contribution in [0.3, 0.4) is 0 Å². The second-order valence-electron chi connectivity index (χ2n) is 12.5. The third kappa shape index (κ3) is 4.41. The highest BCUT2D eigenvalue weighted by molar-refractivity contribution is 6.35. The molecule has 2 aromatic carbocycles. The summed E-state index contributed by atoms with van der Waals surface area (Å²) in [5, 5.41) is 10.1. The van der Waals surface area contributed by atoms with Crippen molar-refractivity contribution in [3.63, 3.8) is 0 Å². The lowest BCUT2D eigenvalue weighted by molar-refractivity contribution is 0.188. The molecule has 2 unspecified atom stereocenters. The number of ether oxygens (including phenoxy) is 2. The van der Waals surface area contributed by atoms with Crippen molar-refractivity contribution in [3.05, 3.63) is 35.0 Å². The van der Waals surface area contributed by atoms with Gasteiger partial charge in [-0.05, 0) is 96.0 Å². The topological polar surface area (TPSA) is 79.4 Å². The van der Waals surface area contributed by atoms with Crippen molar-refractivity contribution in [2.45, 2.75) is 88.9 Å². The van der Waals surface area contributed by atoms with E-state index in [2.05, 4.69) is 52.2 Å². The number of aryl methyl sites for hydroxylation is 1. The standard InChI is InChI=1S/C32H37ClN6O2/c1-18-8-13-26-24(16-34-37-26)27(18)28-25(33)15-23-29(30(28)41-22-11-12-22)35-32(40-17-21-7-4-14-38(21)2)36-31(23)39-19-5-3-6-20(39)10-9-19/h8,13,15-16,19-22H,3-7,9-12,14,17H2,1-2H3,(H,34,37)/t19?,20?,21-/m0/s1. The Morgan fingerprint density at radius 2 is 1.80 bits per heavy atom. The van der Waals surface area contributed by atoms with E-state index < -0.39 is 0 Å². The molecular formula is C32H37ClN6O2. The van der Waals surface area contributed by atoms with Gasteiger partial charge in [-0.1, -0.05) is 17.7 Å². The molecule has 3 atom stereocenters. The molecule has 4 aromatic rings. The predicted molar refractivity (Wildman–Crippen MR) is 162 cm³/mol. The van der Waals surface area contributed by atoms with Crippen LogP contribution in [0.1, 0.15) is 63.4 Å². The van der Waals surface area contributed by atoms with Gasteiger partial charge in [-0.3, -0.25) is 5.10 Å². The highest BCUT2D eigenvalue weighted by Crippen LogP contribution is 2.50. The molecule has 41 heavy (non-hydrogen) atoms. The van der Waals surface area contributed by atoms with Crippen LogP contribution in [0.2, 0.25) is 5.02 Å². The van der Waals surface area contributed by atoms with Crippen LogP contribution in [0.5, 0.6) is 11.8 Å². The zero-order valence-electron chi connectivity index (χ0n) is 23.8. The molecule has 3 aliphatic heterocycles. The Balaban J connectivity index is 1.35. The van der Waals surface area contributed by atoms with E-state index in [4.69, 9.17) is 31.0 Å². The summed E-state index contributed by atoms with van der Waals surface area (Å²) in [6, 6.07) is 8.06. The lowest BCUT2D eigenvalue weighted by Gasteiger charge is -2.36. The fraction of sp³-hybridized carbons (Fsp3) is 0.531. The first-order chi connectivity index (χ1) is 20.0. The van der Waals surface area contributed by atoms with E-state index in [0.717, 1.165) is 75.9 Å². The van der Waals surface area contributed by atoms with Gasteiger partial charge in [0.1, 0.15) is 17.9 Å². The third-order valence-electron chi connectivity index (χ3n) is 9.76. The van der Waals surface area contributed by atoms with Crippen molar-refractivity contribution in [1.82, 2.24) is 25.1 Å². The predicted octanol–water partition coefficient (Wildman–Crippen LogP) is 6.67. The van der Waals surface area contributed by atoms with Crippen molar-refractivity contribution in [1.29, 1.82) is 0 Å². The van der Waals surface area contributed by atoms with E-state index in [1.807, 2.05) is 6.20 Å². The first-order valence-electron chi connectivity index (χ1n) is 15.3. The highest BCUT2D eigenvalue weighted by Gasteiger charge is 2.39. The summed E-state index contributed by atoms with van der Waals surface area (Å²) in [4.78, 5) is 15.2. The number of nitrogens with zero attached hydrogens (tertiary/aromatic N) is 5. The number of aromatic amines is 1. The number of H-pyrrole nitrogens is 1. The van der Waals surface area contributed by atoms with Crippen LogP contribution in [0.4, 0.5) is 5.82 Å². The Kier molecular flexibility index (Phi) is 6.25. The smallest absolute Gasteiger partial charge is 0.319 e. The molecular weight excluding hydrogens is 536 g/mol. The third-order valence-corrected chi connectivity index (χ3v) is 10.1. The number of rotatable bonds is 7. The van der Waals surface area contributed by atoms with Gasteiger partial charge in [0, 0.05) is 40.0 Å². The molecule has 1 N–H and O–H groups in total. The number of hydrogen-bond donors (Lipinski definition) is 1. The van der Waals surface area contributed by atoms with Gasteiger partial charge in [-0.15, -0.1) is 0 Å². The highest BCUT2D eigenvalue weighted by atomic mass is 35.5. The molecule has 9 heteroatoms. The van der Waals surface area contributed by atoms with Gasteiger partial charge in [-0.2, -0.15) is 15.1 Å². The maximum Gasteiger partial charge on any atom is 0.319 e. The first-order valence-corrected chi connectivity index (χ1v) is 15.7. The van der Waals surface area contributed by atoms with Gasteiger partial charge >= 0.3 is 6.01 Å². The lowest BCUT2D eigenvalue weighted by Crippen LogP contribution is -2.40. The van der Waals surface area contributed by atoms with Gasteiger partial charge in [0.25, 0.3) is 0 Å². The molecule has 2 bridgehead atoms. The summed E-state index contributed by atoms with van der Waals surface area (Å²) in [6.07, 6.45) is 12.5. The van der Waals surface area contributed by atoms with Gasteiger partial charge in [-0.25, -0.2) is 0 Å². The zero-order chi connectivity index (χ0) is 27.7. The molecule has 5 heterocycles. The number of nitrogens with one attached hydrogen (secondary N) is 1. The average Bonchev–Trinajstić information content (AvgIpc) is 3.38. The Hall–Kier alpha value is -3.10. The van der Waals surface area contributed by atoms with Gasteiger partial charge in [0.05, 0.1) is 22.8 Å². The minimum atomic E-state index is 0.167. The maximum atomic E-state index is 7.27. The van der Waals surface area contributed by atoms with E-state index in [1.54, 1.807) is 0 Å². The number of hydrogen-bond acceptors (Lipinski definition) is 7. The van der Waals surface area contributed by atoms with Crippen molar-refractivity contribution in [3.8, 4) is 22.9 Å². The average molecular weight is 573 g/mol. The quantitative estimate of drug-likeness (QED) is 0.265. The molecule has 1 aliphatic carbocycles. The van der Waals surface area contributed by atoms with Crippen LogP contribution in [-0.4, -0.2) is 69.5 Å². The van der Waals surface area contributed by atoms with Gasteiger partial charge < -0.3 is 19.3 Å². The van der Waals surface area contributed by atoms with Crippen LogP contribution in [0.15, 0.2) is 24.4 Å². The number of benzene rings is 2. The lowest BCUT2D eigenvalue weighted by atomic mass is 9.94. The van der Waals surface area contributed by atoms with Gasteiger partial charge in [0.15, 0.2) is 5.75 Å². The monoisotopic (exact) mass is 572 g/mol. The zero-order valence-corrected chi connectivity index (χ0v) is 24.6. The molecule has 0 radical (unpaired) electrons. The molecule has 214 valence electrons. The Morgan fingerprint density at radius 1 is 0.976 bits per heavy atom. The minimum Gasteiger partial charge on any atom is -0.487 e. The molecule has 4 fully saturated rings. The molecule has 4 aliphatic rings. The summed E-state index contributed by atoms with van der Waals surface area (Å²) >= 11 is 7.27. The fourth-order valence-electron chi connectivity index (χ4n) is 7.41. The molecule has 3 saturated heterocycles. The number of likely N-dealkylation sites (tertiary alicyclic amines) is 1. The second-order valence-corrected chi connectivity index (χ2v) is 12.9. The van der Waals surface area contributed by atoms with E-state index in [9.17, 15) is 0 Å². The van der Waals surface area contributed by atoms with Crippen molar-refractivity contribution in [2.75, 3.05) is 25.1 Å². The normalized spacial score (nSPS) is 24.6. The molecule has 0 spiro atoms. The van der Waals surface area contributed by atoms with Crippen LogP contribution in [0, 0.1) is 6.92 Å². The Morgan fingerprint density at radius 3 is 2.56 bits per heavy atom. The fourth-order valence-corrected chi connectivity index (χ4v) is 7.70. The van der Waals surface area contributed by atoms with Crippen molar-refractivity contribution < 1.29 is 9.47 Å². The number of anilines is 1. The largest absolute Gasteiger partial charge is 0.487 e. The molecule has 0 amide bonds. The van der Waals surface area contributed by atoms with E-state index in [0.29, 0.717) is 35.8 Å². The summed E-state index contributed by atoms with van der Waals surface area (Å²) in [5.74, 6) is 1.69. The first kappa shape index (κ1) is 25.6. The summed E-state index contributed by atoms with van der Waals surface area (Å²) < 4.78 is 13.2. The molecule has 8 nitrogen and oxygen atoms in total. The van der Waals surface area contributed by atoms with Crippen LogP contribution in [0.25, 0.3) is 32.9 Å². The van der Waals surface area contributed by atoms with Crippen LogP contribution in [-0.2, 0) is 0 Å². The number of halogens is 1. The van der Waals surface area contributed by atoms with E-state index in [1.165, 1.54) is 38.5 Å². The summed E-state index contributed by atoms with van der Waals surface area (Å²) in [7, 11) is 2.17. The Bertz CT molecular complexity index is 1620. The van der Waals surface area contributed by atoms with Crippen LogP contribution >= 0.6 is 11.6 Å². The second kappa shape index (κ2) is 10.0. The number of likely N-dealkylation sites (N-methyl/N-ethyl adjacent to an activating group) is 1. The van der Waals surface area contributed by atoms with E-state index >= 15 is 0 Å². The SMILES string of the molecule is Cc1ccc2[nH]ncc2c1-c1c(Cl)cc2c(N3C4CCCC3CC4)nc(OC[C@@H]3CCCN3C)nc2c1OC1CC1. The number of fused-ring (bicyclic) bond motifs is 4. The van der Waals surface area contributed by atoms with Gasteiger partial charge in [0.2, 0.25) is 0 Å². The maximum absolute atomic E-state index is 7.27. The number of aromatic nitrogens is 4. The summed E-state index contributed by atoms with van der Waals surface area (Å²) in [6.45, 7) is 3.81. The minimum absolute atomic E-state index is 0.167. The van der Waals surface area contributed by atoms with E-state index in [-0.39, 0.29) is 6.10 Å². The molecule has 1 saturated carbocycles. The van der Waals surface area contributed by atoms with Crippen LogP contribution < -0.4 is 14.4 Å². The molecule has 8 rings (SSSR count). The Labute approximate surface area is 245 Å².